The van der Waals surface area contributed by atoms with E-state index in [9.17, 15) is 19.0 Å². The topological polar surface area (TPSA) is 83.9 Å². The highest BCUT2D eigenvalue weighted by Gasteiger charge is 2.49. The van der Waals surface area contributed by atoms with Gasteiger partial charge in [0, 0.05) is 0 Å². The molecule has 0 fully saturated rings. The van der Waals surface area contributed by atoms with Gasteiger partial charge in [-0.15, -0.1) is 0 Å². The predicted molar refractivity (Wildman–Crippen MR) is 96.6 cm³/mol. The van der Waals surface area contributed by atoms with Gasteiger partial charge >= 0.3 is 7.60 Å². The van der Waals surface area contributed by atoms with Crippen LogP contribution in [0.5, 0.6) is 0 Å². The lowest BCUT2D eigenvalue weighted by Crippen LogP contribution is -2.43. The molecule has 1 aliphatic heterocycles. The first-order valence-corrected chi connectivity index (χ1v) is 9.95. The normalized spacial score (nSPS) is 17.3. The fourth-order valence-corrected chi connectivity index (χ4v) is 4.83. The van der Waals surface area contributed by atoms with Gasteiger partial charge in [-0.25, -0.2) is 0 Å². The Balaban J connectivity index is 1.88. The molecular weight excluding hydrogens is 353 g/mol. The van der Waals surface area contributed by atoms with Gasteiger partial charge in [0.25, 0.3) is 11.8 Å². The molecule has 1 aliphatic rings. The van der Waals surface area contributed by atoms with Crippen LogP contribution < -0.4 is 0 Å². The van der Waals surface area contributed by atoms with Crippen molar-refractivity contribution < 1.29 is 23.6 Å². The molecule has 136 valence electrons. The predicted octanol–water partition coefficient (Wildman–Crippen LogP) is 3.67. The first-order valence-electron chi connectivity index (χ1n) is 8.31. The zero-order chi connectivity index (χ0) is 18.9. The molecule has 3 rings (SSSR count). The summed E-state index contributed by atoms with van der Waals surface area (Å²) in [6, 6.07) is 15.4. The SMILES string of the molecule is CC(C)[C@@H](N1C(=O)c2ccccc2C1=O)P(=O)(O)OCc1ccccc1. The summed E-state index contributed by atoms with van der Waals surface area (Å²) in [5.41, 5.74) is 1.21. The second-order valence-electron chi connectivity index (χ2n) is 6.51. The average Bonchev–Trinajstić information content (AvgIpc) is 2.86. The first-order chi connectivity index (χ1) is 12.3. The monoisotopic (exact) mass is 373 g/mol. The van der Waals surface area contributed by atoms with E-state index in [0.717, 1.165) is 10.5 Å². The van der Waals surface area contributed by atoms with Gasteiger partial charge in [-0.3, -0.25) is 19.1 Å². The number of fused-ring (bicyclic) bond motifs is 1. The van der Waals surface area contributed by atoms with Crippen molar-refractivity contribution in [2.45, 2.75) is 26.2 Å². The van der Waals surface area contributed by atoms with Crippen LogP contribution >= 0.6 is 7.60 Å². The van der Waals surface area contributed by atoms with Crippen LogP contribution in [0.25, 0.3) is 0 Å². The maximum atomic E-state index is 12.9. The molecule has 0 aliphatic carbocycles. The highest BCUT2D eigenvalue weighted by Crippen LogP contribution is 2.53. The molecule has 0 spiro atoms. The van der Waals surface area contributed by atoms with E-state index in [1.165, 1.54) is 0 Å². The third-order valence-corrected chi connectivity index (χ3v) is 6.27. The zero-order valence-electron chi connectivity index (χ0n) is 14.5. The molecule has 0 saturated heterocycles. The molecule has 26 heavy (non-hydrogen) atoms. The van der Waals surface area contributed by atoms with Gasteiger partial charge < -0.3 is 9.42 Å². The second kappa shape index (κ2) is 7.16. The fourth-order valence-electron chi connectivity index (χ4n) is 3.09. The Bertz CT molecular complexity index is 846. The van der Waals surface area contributed by atoms with E-state index in [1.54, 1.807) is 62.4 Å². The number of imide groups is 1. The standard InChI is InChI=1S/C19H20NO5P/c1-13(2)19(26(23,24)25-12-14-8-4-3-5-9-14)20-17(21)15-10-6-7-11-16(15)18(20)22/h3-11,13,19H,12H2,1-2H3,(H,23,24)/t19-/m0/s1. The van der Waals surface area contributed by atoms with E-state index in [2.05, 4.69) is 0 Å². The number of carbonyl (C=O) groups is 2. The molecule has 0 saturated carbocycles. The van der Waals surface area contributed by atoms with E-state index >= 15 is 0 Å². The van der Waals surface area contributed by atoms with Gasteiger partial charge in [-0.2, -0.15) is 0 Å². The minimum atomic E-state index is -4.29. The zero-order valence-corrected chi connectivity index (χ0v) is 15.4. The van der Waals surface area contributed by atoms with E-state index in [-0.39, 0.29) is 17.7 Å². The lowest BCUT2D eigenvalue weighted by atomic mass is 10.1. The van der Waals surface area contributed by atoms with Crippen LogP contribution in [-0.2, 0) is 15.7 Å². The molecule has 2 amide bonds. The molecule has 2 aromatic carbocycles. The Labute approximate surface area is 151 Å². The van der Waals surface area contributed by atoms with Crippen LogP contribution in [0.3, 0.4) is 0 Å². The summed E-state index contributed by atoms with van der Waals surface area (Å²) >= 11 is 0. The lowest BCUT2D eigenvalue weighted by molar-refractivity contribution is 0.0571. The van der Waals surface area contributed by atoms with Crippen LogP contribution in [-0.4, -0.2) is 27.4 Å². The molecule has 2 aromatic rings. The smallest absolute Gasteiger partial charge is 0.323 e. The Morgan fingerprint density at radius 2 is 1.46 bits per heavy atom. The van der Waals surface area contributed by atoms with Crippen molar-refractivity contribution in [1.82, 2.24) is 4.90 Å². The van der Waals surface area contributed by atoms with Gasteiger partial charge in [-0.05, 0) is 23.6 Å². The summed E-state index contributed by atoms with van der Waals surface area (Å²) < 4.78 is 18.3. The Morgan fingerprint density at radius 1 is 0.962 bits per heavy atom. The minimum absolute atomic E-state index is 0.0823. The molecule has 2 atom stereocenters. The summed E-state index contributed by atoms with van der Waals surface area (Å²) in [5, 5.41) is 0. The summed E-state index contributed by atoms with van der Waals surface area (Å²) in [6.45, 7) is 3.28. The number of nitrogens with zero attached hydrogens (tertiary/aromatic N) is 1. The van der Waals surface area contributed by atoms with Crippen LogP contribution in [0.2, 0.25) is 0 Å². The molecule has 1 heterocycles. The fraction of sp³-hybridized carbons (Fsp3) is 0.263. The molecule has 1 unspecified atom stereocenters. The quantitative estimate of drug-likeness (QED) is 0.617. The van der Waals surface area contributed by atoms with E-state index in [4.69, 9.17) is 4.52 Å². The van der Waals surface area contributed by atoms with Gasteiger partial charge in [0.2, 0.25) is 0 Å². The summed E-state index contributed by atoms with van der Waals surface area (Å²) in [7, 11) is -4.29. The maximum Gasteiger partial charge on any atom is 0.351 e. The number of benzene rings is 2. The number of amides is 2. The van der Waals surface area contributed by atoms with E-state index in [0.29, 0.717) is 0 Å². The summed E-state index contributed by atoms with van der Waals surface area (Å²) in [4.78, 5) is 36.8. The number of hydrogen-bond acceptors (Lipinski definition) is 4. The van der Waals surface area contributed by atoms with Crippen molar-refractivity contribution in [2.75, 3.05) is 0 Å². The van der Waals surface area contributed by atoms with Crippen LogP contribution in [0.1, 0.15) is 40.1 Å². The van der Waals surface area contributed by atoms with Crippen molar-refractivity contribution in [1.29, 1.82) is 0 Å². The Morgan fingerprint density at radius 3 is 1.96 bits per heavy atom. The molecule has 0 radical (unpaired) electrons. The van der Waals surface area contributed by atoms with Crippen LogP contribution in [0.15, 0.2) is 54.6 Å². The van der Waals surface area contributed by atoms with Crippen molar-refractivity contribution in [2.24, 2.45) is 5.92 Å². The van der Waals surface area contributed by atoms with Crippen molar-refractivity contribution in [3.63, 3.8) is 0 Å². The van der Waals surface area contributed by atoms with Crippen molar-refractivity contribution >= 4 is 19.4 Å². The first kappa shape index (κ1) is 18.5. The minimum Gasteiger partial charge on any atom is -0.323 e. The number of carbonyl (C=O) groups excluding carboxylic acids is 2. The van der Waals surface area contributed by atoms with Crippen LogP contribution in [0.4, 0.5) is 0 Å². The third kappa shape index (κ3) is 3.36. The highest BCUT2D eigenvalue weighted by molar-refractivity contribution is 7.53. The average molecular weight is 373 g/mol. The highest BCUT2D eigenvalue weighted by atomic mass is 31.2. The molecule has 0 bridgehead atoms. The van der Waals surface area contributed by atoms with E-state index in [1.807, 2.05) is 6.07 Å². The van der Waals surface area contributed by atoms with Crippen molar-refractivity contribution in [3.8, 4) is 0 Å². The number of hydrogen-bond donors (Lipinski definition) is 1. The summed E-state index contributed by atoms with van der Waals surface area (Å²) in [5.74, 6) is -2.84. The molecule has 0 aromatic heterocycles. The van der Waals surface area contributed by atoms with Gasteiger partial charge in [-0.1, -0.05) is 56.3 Å². The molecule has 1 N–H and O–H groups in total. The van der Waals surface area contributed by atoms with Crippen LogP contribution in [0, 0.1) is 5.92 Å². The lowest BCUT2D eigenvalue weighted by Gasteiger charge is -2.32. The molecule has 7 heteroatoms. The molecular formula is C19H20NO5P. The third-order valence-electron chi connectivity index (χ3n) is 4.28. The maximum absolute atomic E-state index is 12.9. The largest absolute Gasteiger partial charge is 0.351 e. The molecule has 6 nitrogen and oxygen atoms in total. The van der Waals surface area contributed by atoms with Gasteiger partial charge in [0.1, 0.15) is 5.78 Å². The van der Waals surface area contributed by atoms with Crippen molar-refractivity contribution in [3.05, 3.63) is 71.3 Å². The van der Waals surface area contributed by atoms with Gasteiger partial charge in [0.15, 0.2) is 0 Å². The van der Waals surface area contributed by atoms with Gasteiger partial charge in [0.05, 0.1) is 17.7 Å². The summed E-state index contributed by atoms with van der Waals surface area (Å²) in [6.07, 6.45) is 0. The second-order valence-corrected chi connectivity index (χ2v) is 8.42. The number of rotatable bonds is 6. The Kier molecular flexibility index (Phi) is 5.10. The Hall–Kier alpha value is -2.27. The van der Waals surface area contributed by atoms with E-state index < -0.39 is 31.1 Å².